The lowest BCUT2D eigenvalue weighted by Gasteiger charge is -2.11. The molecule has 0 amide bonds. The van der Waals surface area contributed by atoms with Gasteiger partial charge in [0.2, 0.25) is 5.95 Å². The van der Waals surface area contributed by atoms with E-state index in [4.69, 9.17) is 4.74 Å². The smallest absolute Gasteiger partial charge is 0.227 e. The minimum atomic E-state index is 0.410. The summed E-state index contributed by atoms with van der Waals surface area (Å²) in [5.41, 5.74) is 2.66. The molecular weight excluding hydrogens is 288 g/mol. The Kier molecular flexibility index (Phi) is 4.16. The third-order valence-electron chi connectivity index (χ3n) is 3.31. The van der Waals surface area contributed by atoms with Crippen LogP contribution in [0.1, 0.15) is 5.56 Å². The largest absolute Gasteiger partial charge is 0.495 e. The van der Waals surface area contributed by atoms with Gasteiger partial charge >= 0.3 is 0 Å². The number of nitrogens with zero attached hydrogens (tertiary/aromatic N) is 3. The quantitative estimate of drug-likeness (QED) is 0.794. The zero-order chi connectivity index (χ0) is 16.1. The minimum absolute atomic E-state index is 0.410. The van der Waals surface area contributed by atoms with Crippen LogP contribution in [0.2, 0.25) is 0 Å². The minimum Gasteiger partial charge on any atom is -0.495 e. The number of para-hydroxylation sites is 2. The number of anilines is 2. The molecule has 0 atom stereocenters. The highest BCUT2D eigenvalue weighted by molar-refractivity contribution is 5.69. The molecular formula is C18H14N4O. The highest BCUT2D eigenvalue weighted by atomic mass is 16.5. The second-order valence-corrected chi connectivity index (χ2v) is 4.76. The van der Waals surface area contributed by atoms with Gasteiger partial charge in [-0.25, -0.2) is 9.97 Å². The molecule has 0 spiro atoms. The summed E-state index contributed by atoms with van der Waals surface area (Å²) in [7, 11) is 1.61. The predicted octanol–water partition coefficient (Wildman–Crippen LogP) is 3.77. The van der Waals surface area contributed by atoms with Crippen LogP contribution in [0.15, 0.2) is 60.8 Å². The van der Waals surface area contributed by atoms with Crippen LogP contribution < -0.4 is 10.1 Å². The van der Waals surface area contributed by atoms with Gasteiger partial charge in [-0.05, 0) is 12.1 Å². The number of benzene rings is 2. The van der Waals surface area contributed by atoms with Gasteiger partial charge in [0.25, 0.3) is 0 Å². The van der Waals surface area contributed by atoms with E-state index in [9.17, 15) is 5.26 Å². The van der Waals surface area contributed by atoms with E-state index in [2.05, 4.69) is 21.4 Å². The predicted molar refractivity (Wildman–Crippen MR) is 88.5 cm³/mol. The fourth-order valence-corrected chi connectivity index (χ4v) is 2.21. The van der Waals surface area contributed by atoms with Crippen molar-refractivity contribution in [2.75, 3.05) is 12.4 Å². The first-order chi connectivity index (χ1) is 11.3. The SMILES string of the molecule is COc1ccccc1Nc1ncc(C#N)c(-c2ccccc2)n1. The van der Waals surface area contributed by atoms with Gasteiger partial charge in [-0.3, -0.25) is 0 Å². The van der Waals surface area contributed by atoms with E-state index in [0.717, 1.165) is 11.3 Å². The third-order valence-corrected chi connectivity index (χ3v) is 3.31. The molecule has 1 heterocycles. The number of nitriles is 1. The first-order valence-electron chi connectivity index (χ1n) is 7.04. The molecule has 0 saturated carbocycles. The lowest BCUT2D eigenvalue weighted by molar-refractivity contribution is 0.417. The monoisotopic (exact) mass is 302 g/mol. The van der Waals surface area contributed by atoms with E-state index >= 15 is 0 Å². The molecule has 0 unspecified atom stereocenters. The maximum atomic E-state index is 9.27. The van der Waals surface area contributed by atoms with Crippen molar-refractivity contribution in [3.8, 4) is 23.1 Å². The van der Waals surface area contributed by atoms with E-state index in [1.807, 2.05) is 54.6 Å². The summed E-state index contributed by atoms with van der Waals surface area (Å²) in [6.45, 7) is 0. The van der Waals surface area contributed by atoms with Crippen LogP contribution >= 0.6 is 0 Å². The lowest BCUT2D eigenvalue weighted by Crippen LogP contribution is -2.01. The van der Waals surface area contributed by atoms with Crippen molar-refractivity contribution in [3.05, 3.63) is 66.4 Å². The normalized spacial score (nSPS) is 9.91. The first-order valence-corrected chi connectivity index (χ1v) is 7.04. The van der Waals surface area contributed by atoms with Crippen LogP contribution in [0.5, 0.6) is 5.75 Å². The Morgan fingerprint density at radius 1 is 1.04 bits per heavy atom. The van der Waals surface area contributed by atoms with Gasteiger partial charge in [-0.15, -0.1) is 0 Å². The van der Waals surface area contributed by atoms with Crippen molar-refractivity contribution in [3.63, 3.8) is 0 Å². The third kappa shape index (κ3) is 3.11. The van der Waals surface area contributed by atoms with Crippen LogP contribution in [0.4, 0.5) is 11.6 Å². The number of aromatic nitrogens is 2. The summed E-state index contributed by atoms with van der Waals surface area (Å²) in [6, 6.07) is 19.2. The van der Waals surface area contributed by atoms with Crippen molar-refractivity contribution >= 4 is 11.6 Å². The first kappa shape index (κ1) is 14.5. The molecule has 3 rings (SSSR count). The summed E-state index contributed by atoms with van der Waals surface area (Å²) < 4.78 is 5.31. The number of methoxy groups -OCH3 is 1. The fourth-order valence-electron chi connectivity index (χ4n) is 2.21. The maximum Gasteiger partial charge on any atom is 0.227 e. The zero-order valence-electron chi connectivity index (χ0n) is 12.5. The number of hydrogen-bond donors (Lipinski definition) is 1. The summed E-state index contributed by atoms with van der Waals surface area (Å²) in [6.07, 6.45) is 1.52. The van der Waals surface area contributed by atoms with Crippen molar-refractivity contribution < 1.29 is 4.74 Å². The zero-order valence-corrected chi connectivity index (χ0v) is 12.5. The van der Waals surface area contributed by atoms with Crippen LogP contribution in [0.3, 0.4) is 0 Å². The molecule has 1 aromatic heterocycles. The van der Waals surface area contributed by atoms with Crippen LogP contribution in [0.25, 0.3) is 11.3 Å². The molecule has 5 nitrogen and oxygen atoms in total. The Labute approximate surface area is 134 Å². The van der Waals surface area contributed by atoms with Crippen molar-refractivity contribution in [1.29, 1.82) is 5.26 Å². The molecule has 5 heteroatoms. The fraction of sp³-hybridized carbons (Fsp3) is 0.0556. The number of nitrogens with one attached hydrogen (secondary N) is 1. The average molecular weight is 302 g/mol. The highest BCUT2D eigenvalue weighted by Crippen LogP contribution is 2.27. The second kappa shape index (κ2) is 6.58. The van der Waals surface area contributed by atoms with Crippen LogP contribution in [-0.2, 0) is 0 Å². The van der Waals surface area contributed by atoms with Gasteiger partial charge < -0.3 is 10.1 Å². The molecule has 0 aliphatic rings. The summed E-state index contributed by atoms with van der Waals surface area (Å²) in [5.74, 6) is 1.11. The van der Waals surface area contributed by atoms with E-state index in [0.29, 0.717) is 23.0 Å². The summed E-state index contributed by atoms with van der Waals surface area (Å²) in [4.78, 5) is 8.69. The van der Waals surface area contributed by atoms with Crippen molar-refractivity contribution in [2.45, 2.75) is 0 Å². The Morgan fingerprint density at radius 3 is 2.52 bits per heavy atom. The topological polar surface area (TPSA) is 70.8 Å². The van der Waals surface area contributed by atoms with Gasteiger partial charge in [0.15, 0.2) is 0 Å². The van der Waals surface area contributed by atoms with E-state index in [1.54, 1.807) is 7.11 Å². The molecule has 0 aliphatic carbocycles. The standard InChI is InChI=1S/C18H14N4O/c1-23-16-10-6-5-9-15(16)21-18-20-12-14(11-19)17(22-18)13-7-3-2-4-8-13/h2-10,12H,1H3,(H,20,21,22). The second-order valence-electron chi connectivity index (χ2n) is 4.76. The van der Waals surface area contributed by atoms with Crippen molar-refractivity contribution in [2.24, 2.45) is 0 Å². The molecule has 0 bridgehead atoms. The van der Waals surface area contributed by atoms with Crippen LogP contribution in [-0.4, -0.2) is 17.1 Å². The molecule has 0 fully saturated rings. The van der Waals surface area contributed by atoms with E-state index in [-0.39, 0.29) is 0 Å². The number of ether oxygens (including phenoxy) is 1. The highest BCUT2D eigenvalue weighted by Gasteiger charge is 2.10. The Balaban J connectivity index is 2.00. The molecule has 23 heavy (non-hydrogen) atoms. The van der Waals surface area contributed by atoms with Crippen LogP contribution in [0, 0.1) is 11.3 Å². The summed E-state index contributed by atoms with van der Waals surface area (Å²) in [5, 5.41) is 12.4. The van der Waals surface area contributed by atoms with Gasteiger partial charge in [0.1, 0.15) is 11.8 Å². The number of hydrogen-bond acceptors (Lipinski definition) is 5. The molecule has 0 aliphatic heterocycles. The van der Waals surface area contributed by atoms with Gasteiger partial charge in [-0.1, -0.05) is 42.5 Å². The molecule has 3 aromatic rings. The molecule has 0 saturated heterocycles. The Morgan fingerprint density at radius 2 is 1.78 bits per heavy atom. The molecule has 1 N–H and O–H groups in total. The number of rotatable bonds is 4. The maximum absolute atomic E-state index is 9.27. The van der Waals surface area contributed by atoms with Gasteiger partial charge in [-0.2, -0.15) is 5.26 Å². The van der Waals surface area contributed by atoms with E-state index in [1.165, 1.54) is 6.20 Å². The van der Waals surface area contributed by atoms with E-state index < -0.39 is 0 Å². The Bertz CT molecular complexity index is 856. The van der Waals surface area contributed by atoms with Gasteiger partial charge in [0, 0.05) is 5.56 Å². The Hall–Kier alpha value is -3.39. The average Bonchev–Trinajstić information content (AvgIpc) is 2.63. The van der Waals surface area contributed by atoms with Gasteiger partial charge in [0.05, 0.1) is 30.3 Å². The molecule has 0 radical (unpaired) electrons. The molecule has 2 aromatic carbocycles. The lowest BCUT2D eigenvalue weighted by atomic mass is 10.1. The summed E-state index contributed by atoms with van der Waals surface area (Å²) >= 11 is 0. The molecule has 112 valence electrons. The van der Waals surface area contributed by atoms with Crippen molar-refractivity contribution in [1.82, 2.24) is 9.97 Å².